The summed E-state index contributed by atoms with van der Waals surface area (Å²) < 4.78 is 26.4. The van der Waals surface area contributed by atoms with Gasteiger partial charge in [-0.3, -0.25) is 10.1 Å². The van der Waals surface area contributed by atoms with E-state index in [1.165, 1.54) is 11.3 Å². The summed E-state index contributed by atoms with van der Waals surface area (Å²) in [6, 6.07) is 2.87. The molecule has 1 aromatic heterocycles. The minimum atomic E-state index is -0.882. The second-order valence-corrected chi connectivity index (χ2v) is 6.23. The average molecular weight is 323 g/mol. The third kappa shape index (κ3) is 3.31. The number of rotatable bonds is 3. The molecule has 7 heteroatoms. The van der Waals surface area contributed by atoms with Gasteiger partial charge in [-0.25, -0.2) is 13.8 Å². The van der Waals surface area contributed by atoms with Gasteiger partial charge in [0.15, 0.2) is 5.13 Å². The number of thiazole rings is 1. The lowest BCUT2D eigenvalue weighted by Crippen LogP contribution is -2.26. The molecule has 0 bridgehead atoms. The van der Waals surface area contributed by atoms with E-state index in [1.54, 1.807) is 6.20 Å². The molecule has 1 aliphatic rings. The van der Waals surface area contributed by atoms with Crippen LogP contribution in [-0.2, 0) is 0 Å². The van der Waals surface area contributed by atoms with E-state index >= 15 is 0 Å². The van der Waals surface area contributed by atoms with Gasteiger partial charge in [0.25, 0.3) is 5.91 Å². The first-order valence-corrected chi connectivity index (χ1v) is 7.88. The molecule has 0 unspecified atom stereocenters. The lowest BCUT2D eigenvalue weighted by atomic mass is 9.97. The SMILES string of the molecule is O=C(Nc1ncc(C2CCNCC2)s1)c1ccc(F)cc1F. The average Bonchev–Trinajstić information content (AvgIpc) is 2.96. The first kappa shape index (κ1) is 15.1. The summed E-state index contributed by atoms with van der Waals surface area (Å²) in [5, 5.41) is 6.30. The van der Waals surface area contributed by atoms with Crippen molar-refractivity contribution in [3.8, 4) is 0 Å². The zero-order chi connectivity index (χ0) is 15.5. The van der Waals surface area contributed by atoms with Gasteiger partial charge in [-0.1, -0.05) is 0 Å². The standard InChI is InChI=1S/C15H15F2N3OS/c16-10-1-2-11(12(17)7-10)14(21)20-15-19-8-13(22-15)9-3-5-18-6-4-9/h1-2,7-9,18H,3-6H2,(H,19,20,21). The Morgan fingerprint density at radius 3 is 2.82 bits per heavy atom. The van der Waals surface area contributed by atoms with E-state index < -0.39 is 17.5 Å². The first-order chi connectivity index (χ1) is 10.6. The molecule has 4 nitrogen and oxygen atoms in total. The molecule has 0 spiro atoms. The van der Waals surface area contributed by atoms with E-state index in [1.807, 2.05) is 0 Å². The van der Waals surface area contributed by atoms with Crippen molar-refractivity contribution in [1.82, 2.24) is 10.3 Å². The van der Waals surface area contributed by atoms with Gasteiger partial charge >= 0.3 is 0 Å². The van der Waals surface area contributed by atoms with E-state index in [-0.39, 0.29) is 5.56 Å². The molecule has 1 aliphatic heterocycles. The second kappa shape index (κ2) is 6.50. The van der Waals surface area contributed by atoms with Crippen molar-refractivity contribution in [2.75, 3.05) is 18.4 Å². The molecule has 0 radical (unpaired) electrons. The minimum absolute atomic E-state index is 0.194. The van der Waals surface area contributed by atoms with E-state index in [2.05, 4.69) is 15.6 Å². The van der Waals surface area contributed by atoms with Gasteiger partial charge in [0.1, 0.15) is 11.6 Å². The molecule has 22 heavy (non-hydrogen) atoms. The van der Waals surface area contributed by atoms with Crippen LogP contribution in [0.4, 0.5) is 13.9 Å². The molecule has 2 heterocycles. The molecule has 0 saturated carbocycles. The fourth-order valence-corrected chi connectivity index (χ4v) is 3.46. The highest BCUT2D eigenvalue weighted by Crippen LogP contribution is 2.31. The van der Waals surface area contributed by atoms with Crippen molar-refractivity contribution in [3.63, 3.8) is 0 Å². The number of nitrogens with one attached hydrogen (secondary N) is 2. The lowest BCUT2D eigenvalue weighted by Gasteiger charge is -2.20. The van der Waals surface area contributed by atoms with Crippen LogP contribution >= 0.6 is 11.3 Å². The molecule has 1 amide bonds. The molecular formula is C15H15F2N3OS. The van der Waals surface area contributed by atoms with Crippen LogP contribution in [0.5, 0.6) is 0 Å². The van der Waals surface area contributed by atoms with Crippen LogP contribution < -0.4 is 10.6 Å². The predicted molar refractivity (Wildman–Crippen MR) is 81.3 cm³/mol. The smallest absolute Gasteiger partial charge is 0.260 e. The van der Waals surface area contributed by atoms with Crippen molar-refractivity contribution in [3.05, 3.63) is 46.5 Å². The minimum Gasteiger partial charge on any atom is -0.317 e. The Morgan fingerprint density at radius 2 is 2.09 bits per heavy atom. The summed E-state index contributed by atoms with van der Waals surface area (Å²) in [7, 11) is 0. The molecule has 1 fully saturated rings. The summed E-state index contributed by atoms with van der Waals surface area (Å²) in [4.78, 5) is 17.3. The van der Waals surface area contributed by atoms with Crippen LogP contribution in [-0.4, -0.2) is 24.0 Å². The molecule has 1 aromatic carbocycles. The Hall–Kier alpha value is -1.86. The lowest BCUT2D eigenvalue weighted by molar-refractivity contribution is 0.102. The van der Waals surface area contributed by atoms with Crippen LogP contribution in [0.1, 0.15) is 34.0 Å². The number of hydrogen-bond acceptors (Lipinski definition) is 4. The summed E-state index contributed by atoms with van der Waals surface area (Å²) in [6.07, 6.45) is 3.85. The normalized spacial score (nSPS) is 15.7. The fourth-order valence-electron chi connectivity index (χ4n) is 2.48. The molecular weight excluding hydrogens is 308 g/mol. The number of halogens is 2. The van der Waals surface area contributed by atoms with E-state index in [0.717, 1.165) is 42.9 Å². The Morgan fingerprint density at radius 1 is 1.32 bits per heavy atom. The highest BCUT2D eigenvalue weighted by molar-refractivity contribution is 7.15. The summed E-state index contributed by atoms with van der Waals surface area (Å²) >= 11 is 1.40. The number of carbonyl (C=O) groups excluding carboxylic acids is 1. The number of nitrogens with zero attached hydrogens (tertiary/aromatic N) is 1. The van der Waals surface area contributed by atoms with E-state index in [0.29, 0.717) is 17.1 Å². The van der Waals surface area contributed by atoms with Gasteiger partial charge < -0.3 is 5.32 Å². The zero-order valence-corrected chi connectivity index (χ0v) is 12.6. The number of aromatic nitrogens is 1. The summed E-state index contributed by atoms with van der Waals surface area (Å²) in [5.41, 5.74) is -0.194. The molecule has 2 aromatic rings. The highest BCUT2D eigenvalue weighted by Gasteiger charge is 2.19. The zero-order valence-electron chi connectivity index (χ0n) is 11.7. The maximum atomic E-state index is 13.6. The van der Waals surface area contributed by atoms with Crippen molar-refractivity contribution in [2.45, 2.75) is 18.8 Å². The van der Waals surface area contributed by atoms with Crippen molar-refractivity contribution < 1.29 is 13.6 Å². The number of anilines is 1. The van der Waals surface area contributed by atoms with E-state index in [4.69, 9.17) is 0 Å². The van der Waals surface area contributed by atoms with Crippen LogP contribution in [0.2, 0.25) is 0 Å². The van der Waals surface area contributed by atoms with Gasteiger partial charge in [0.05, 0.1) is 5.56 Å². The Kier molecular flexibility index (Phi) is 4.44. The molecule has 3 rings (SSSR count). The number of carbonyl (C=O) groups is 1. The highest BCUT2D eigenvalue weighted by atomic mass is 32.1. The van der Waals surface area contributed by atoms with Gasteiger partial charge in [0.2, 0.25) is 0 Å². The Balaban J connectivity index is 1.70. The monoisotopic (exact) mass is 323 g/mol. The van der Waals surface area contributed by atoms with Gasteiger partial charge in [-0.05, 0) is 44.0 Å². The van der Waals surface area contributed by atoms with Crippen LogP contribution in [0.15, 0.2) is 24.4 Å². The van der Waals surface area contributed by atoms with Gasteiger partial charge in [-0.2, -0.15) is 0 Å². The number of amides is 1. The maximum Gasteiger partial charge on any atom is 0.260 e. The van der Waals surface area contributed by atoms with Gasteiger partial charge in [0, 0.05) is 17.1 Å². The third-order valence-corrected chi connectivity index (χ3v) is 4.74. The van der Waals surface area contributed by atoms with Gasteiger partial charge in [-0.15, -0.1) is 11.3 Å². The molecule has 1 saturated heterocycles. The number of piperidine rings is 1. The Bertz CT molecular complexity index is 683. The summed E-state index contributed by atoms with van der Waals surface area (Å²) in [6.45, 7) is 1.95. The largest absolute Gasteiger partial charge is 0.317 e. The molecule has 116 valence electrons. The van der Waals surface area contributed by atoms with Crippen molar-refractivity contribution >= 4 is 22.4 Å². The van der Waals surface area contributed by atoms with Crippen molar-refractivity contribution in [1.29, 1.82) is 0 Å². The molecule has 0 aliphatic carbocycles. The number of hydrogen-bond donors (Lipinski definition) is 2. The molecule has 0 atom stereocenters. The maximum absolute atomic E-state index is 13.6. The number of benzene rings is 1. The molecule has 2 N–H and O–H groups in total. The van der Waals surface area contributed by atoms with Crippen molar-refractivity contribution in [2.24, 2.45) is 0 Å². The predicted octanol–water partition coefficient (Wildman–Crippen LogP) is 3.14. The van der Waals surface area contributed by atoms with Crippen LogP contribution in [0.25, 0.3) is 0 Å². The fraction of sp³-hybridized carbons (Fsp3) is 0.333. The first-order valence-electron chi connectivity index (χ1n) is 7.06. The topological polar surface area (TPSA) is 54.0 Å². The Labute approximate surface area is 130 Å². The van der Waals surface area contributed by atoms with E-state index in [9.17, 15) is 13.6 Å². The summed E-state index contributed by atoms with van der Waals surface area (Å²) in [5.74, 6) is -1.76. The van der Waals surface area contributed by atoms with Crippen LogP contribution in [0.3, 0.4) is 0 Å². The quantitative estimate of drug-likeness (QED) is 0.912. The second-order valence-electron chi connectivity index (χ2n) is 5.17. The third-order valence-electron chi connectivity index (χ3n) is 3.66. The van der Waals surface area contributed by atoms with Crippen LogP contribution in [0, 0.1) is 11.6 Å².